The van der Waals surface area contributed by atoms with Crippen molar-refractivity contribution in [3.63, 3.8) is 0 Å². The van der Waals surface area contributed by atoms with E-state index in [0.29, 0.717) is 11.1 Å². The quantitative estimate of drug-likeness (QED) is 0.265. The van der Waals surface area contributed by atoms with E-state index in [4.69, 9.17) is 15.7 Å². The molecular formula is C9H10ClN5O2. The van der Waals surface area contributed by atoms with Crippen LogP contribution in [0.1, 0.15) is 5.56 Å². The van der Waals surface area contributed by atoms with Gasteiger partial charge >= 0.3 is 5.76 Å². The first-order chi connectivity index (χ1) is 7.70. The second-order valence-corrected chi connectivity index (χ2v) is 3.02. The van der Waals surface area contributed by atoms with Gasteiger partial charge in [0.25, 0.3) is 0 Å². The van der Waals surface area contributed by atoms with Gasteiger partial charge in [0.05, 0.1) is 0 Å². The Morgan fingerprint density at radius 1 is 1.53 bits per heavy atom. The van der Waals surface area contributed by atoms with E-state index in [9.17, 15) is 4.79 Å². The summed E-state index contributed by atoms with van der Waals surface area (Å²) in [5, 5.41) is 13.3. The van der Waals surface area contributed by atoms with Gasteiger partial charge in [0.2, 0.25) is 5.89 Å². The van der Waals surface area contributed by atoms with Crippen molar-refractivity contribution in [2.24, 2.45) is 5.84 Å². The highest BCUT2D eigenvalue weighted by Gasteiger charge is 2.07. The zero-order valence-electron chi connectivity index (χ0n) is 8.56. The third-order valence-corrected chi connectivity index (χ3v) is 1.98. The fourth-order valence-corrected chi connectivity index (χ4v) is 1.24. The van der Waals surface area contributed by atoms with Gasteiger partial charge in [-0.05, 0) is 12.1 Å². The van der Waals surface area contributed by atoms with Crippen LogP contribution in [-0.4, -0.2) is 16.0 Å². The Bertz CT molecular complexity index is 577. The highest BCUT2D eigenvalue weighted by Crippen LogP contribution is 2.16. The third-order valence-electron chi connectivity index (χ3n) is 1.98. The molecule has 5 N–H and O–H groups in total. The lowest BCUT2D eigenvalue weighted by Gasteiger charge is -2.03. The van der Waals surface area contributed by atoms with E-state index in [2.05, 4.69) is 15.6 Å². The maximum absolute atomic E-state index is 10.8. The molecule has 0 fully saturated rings. The lowest BCUT2D eigenvalue weighted by molar-refractivity contribution is 0.527. The average molecular weight is 256 g/mol. The molecule has 0 saturated heterocycles. The van der Waals surface area contributed by atoms with Crippen molar-refractivity contribution < 1.29 is 4.42 Å². The average Bonchev–Trinajstić information content (AvgIpc) is 2.75. The molecule has 2 aromatic rings. The SMILES string of the molecule is Cl.N=C(NN)c1cccc(-c2n[nH]c(=O)o2)c1. The number of hydrogen-bond donors (Lipinski definition) is 4. The number of nitrogens with two attached hydrogens (primary N) is 1. The predicted octanol–water partition coefficient (Wildman–Crippen LogP) is 0.240. The molecule has 0 unspecified atom stereocenters. The predicted molar refractivity (Wildman–Crippen MR) is 64.0 cm³/mol. The van der Waals surface area contributed by atoms with Gasteiger partial charge in [-0.1, -0.05) is 12.1 Å². The minimum atomic E-state index is -0.618. The summed E-state index contributed by atoms with van der Waals surface area (Å²) in [6.07, 6.45) is 0. The Morgan fingerprint density at radius 3 is 2.88 bits per heavy atom. The molecule has 8 heteroatoms. The minimum Gasteiger partial charge on any atom is -0.388 e. The van der Waals surface area contributed by atoms with Crippen molar-refractivity contribution in [2.75, 3.05) is 0 Å². The van der Waals surface area contributed by atoms with Crippen molar-refractivity contribution in [2.45, 2.75) is 0 Å². The van der Waals surface area contributed by atoms with E-state index >= 15 is 0 Å². The summed E-state index contributed by atoms with van der Waals surface area (Å²) in [5.41, 5.74) is 3.40. The Morgan fingerprint density at radius 2 is 2.29 bits per heavy atom. The van der Waals surface area contributed by atoms with Gasteiger partial charge in [0.1, 0.15) is 5.84 Å². The lowest BCUT2D eigenvalue weighted by Crippen LogP contribution is -2.29. The highest BCUT2D eigenvalue weighted by molar-refractivity contribution is 5.96. The maximum atomic E-state index is 10.8. The summed E-state index contributed by atoms with van der Waals surface area (Å²) in [5.74, 6) is 4.76. The van der Waals surface area contributed by atoms with Gasteiger partial charge in [0.15, 0.2) is 0 Å². The number of rotatable bonds is 2. The molecule has 0 atom stereocenters. The summed E-state index contributed by atoms with van der Waals surface area (Å²) >= 11 is 0. The monoisotopic (exact) mass is 255 g/mol. The van der Waals surface area contributed by atoms with E-state index in [-0.39, 0.29) is 24.1 Å². The summed E-state index contributed by atoms with van der Waals surface area (Å²) in [4.78, 5) is 10.8. The van der Waals surface area contributed by atoms with Gasteiger partial charge < -0.3 is 9.84 Å². The fraction of sp³-hybridized carbons (Fsp3) is 0. The third kappa shape index (κ3) is 2.71. The Hall–Kier alpha value is -2.12. The van der Waals surface area contributed by atoms with Crippen molar-refractivity contribution in [1.29, 1.82) is 5.41 Å². The minimum absolute atomic E-state index is 0. The van der Waals surface area contributed by atoms with E-state index in [1.165, 1.54) is 0 Å². The molecule has 0 amide bonds. The van der Waals surface area contributed by atoms with Crippen LogP contribution in [0.25, 0.3) is 11.5 Å². The number of hydrogen-bond acceptors (Lipinski definition) is 5. The second kappa shape index (κ2) is 5.28. The number of nitrogens with zero attached hydrogens (tertiary/aromatic N) is 1. The molecule has 90 valence electrons. The second-order valence-electron chi connectivity index (χ2n) is 3.02. The molecule has 0 bridgehead atoms. The molecule has 0 saturated carbocycles. The molecule has 17 heavy (non-hydrogen) atoms. The van der Waals surface area contributed by atoms with Gasteiger partial charge in [0, 0.05) is 11.1 Å². The number of aromatic amines is 1. The standard InChI is InChI=1S/C9H9N5O2.ClH/c10-7(12-11)5-2-1-3-6(4-5)8-13-14-9(15)16-8;/h1-4H,11H2,(H2,10,12)(H,14,15);1H. The first kappa shape index (κ1) is 12.9. The molecule has 2 rings (SSSR count). The number of amidine groups is 1. The molecule has 1 heterocycles. The highest BCUT2D eigenvalue weighted by atomic mass is 35.5. The Balaban J connectivity index is 0.00000144. The van der Waals surface area contributed by atoms with Crippen LogP contribution in [0.5, 0.6) is 0 Å². The number of aromatic nitrogens is 2. The molecule has 0 aliphatic heterocycles. The molecule has 1 aromatic carbocycles. The zero-order valence-corrected chi connectivity index (χ0v) is 9.38. The lowest BCUT2D eigenvalue weighted by atomic mass is 10.1. The number of H-pyrrole nitrogens is 1. The number of hydrazine groups is 1. The van der Waals surface area contributed by atoms with Gasteiger partial charge in [-0.25, -0.2) is 15.7 Å². The molecule has 0 aliphatic carbocycles. The molecule has 0 radical (unpaired) electrons. The van der Waals surface area contributed by atoms with Crippen molar-refractivity contribution in [3.05, 3.63) is 40.4 Å². The van der Waals surface area contributed by atoms with E-state index in [1.54, 1.807) is 24.3 Å². The summed E-state index contributed by atoms with van der Waals surface area (Å²) in [6.45, 7) is 0. The molecule has 7 nitrogen and oxygen atoms in total. The van der Waals surface area contributed by atoms with Crippen LogP contribution in [0.3, 0.4) is 0 Å². The van der Waals surface area contributed by atoms with Crippen LogP contribution in [0, 0.1) is 5.41 Å². The van der Waals surface area contributed by atoms with E-state index < -0.39 is 5.76 Å². The molecular weight excluding hydrogens is 246 g/mol. The largest absolute Gasteiger partial charge is 0.434 e. The van der Waals surface area contributed by atoms with Gasteiger partial charge in [-0.2, -0.15) is 0 Å². The van der Waals surface area contributed by atoms with Crippen molar-refractivity contribution in [1.82, 2.24) is 15.6 Å². The van der Waals surface area contributed by atoms with Crippen LogP contribution in [-0.2, 0) is 0 Å². The zero-order chi connectivity index (χ0) is 11.5. The smallest absolute Gasteiger partial charge is 0.388 e. The fourth-order valence-electron chi connectivity index (χ4n) is 1.24. The number of halogens is 1. The van der Waals surface area contributed by atoms with E-state index in [0.717, 1.165) is 0 Å². The Labute approximate surface area is 102 Å². The summed E-state index contributed by atoms with van der Waals surface area (Å²) in [7, 11) is 0. The van der Waals surface area contributed by atoms with Crippen molar-refractivity contribution >= 4 is 18.2 Å². The normalized spacial score (nSPS) is 9.47. The van der Waals surface area contributed by atoms with Crippen LogP contribution < -0.4 is 17.0 Å². The van der Waals surface area contributed by atoms with Gasteiger partial charge in [-0.3, -0.25) is 5.41 Å². The number of nitrogens with one attached hydrogen (secondary N) is 3. The van der Waals surface area contributed by atoms with Crippen LogP contribution in [0.2, 0.25) is 0 Å². The van der Waals surface area contributed by atoms with Crippen LogP contribution >= 0.6 is 12.4 Å². The maximum Gasteiger partial charge on any atom is 0.434 e. The first-order valence-electron chi connectivity index (χ1n) is 4.42. The first-order valence-corrected chi connectivity index (χ1v) is 4.42. The topological polar surface area (TPSA) is 121 Å². The Kier molecular flexibility index (Phi) is 4.02. The van der Waals surface area contributed by atoms with Crippen molar-refractivity contribution in [3.8, 4) is 11.5 Å². The van der Waals surface area contributed by atoms with Gasteiger partial charge in [-0.15, -0.1) is 17.5 Å². The molecule has 0 spiro atoms. The van der Waals surface area contributed by atoms with Crippen LogP contribution in [0.15, 0.2) is 33.5 Å². The summed E-state index contributed by atoms with van der Waals surface area (Å²) in [6, 6.07) is 6.77. The van der Waals surface area contributed by atoms with E-state index in [1.807, 2.05) is 0 Å². The van der Waals surface area contributed by atoms with Crippen LogP contribution in [0.4, 0.5) is 0 Å². The summed E-state index contributed by atoms with van der Waals surface area (Å²) < 4.78 is 4.79. The molecule has 1 aromatic heterocycles. The number of benzene rings is 1. The molecule has 0 aliphatic rings.